The molecular weight excluding hydrogens is 378 g/mol. The topological polar surface area (TPSA) is 88.1 Å². The zero-order valence-electron chi connectivity index (χ0n) is 16.7. The van der Waals surface area contributed by atoms with Crippen LogP contribution >= 0.6 is 0 Å². The van der Waals surface area contributed by atoms with Gasteiger partial charge in [0, 0.05) is 12.6 Å². The number of nitrogens with one attached hydrogen (secondary N) is 1. The second-order valence-electron chi connectivity index (χ2n) is 6.52. The van der Waals surface area contributed by atoms with Crippen LogP contribution in [-0.2, 0) is 14.8 Å². The Morgan fingerprint density at radius 1 is 1.18 bits per heavy atom. The molecule has 1 N–H and O–H groups in total. The Kier molecular flexibility index (Phi) is 6.93. The Bertz CT molecular complexity index is 977. The van der Waals surface area contributed by atoms with Crippen LogP contribution in [-0.4, -0.2) is 45.5 Å². The molecule has 0 aliphatic heterocycles. The monoisotopic (exact) mass is 403 g/mol. The summed E-state index contributed by atoms with van der Waals surface area (Å²) in [6, 6.07) is 10.8. The van der Waals surface area contributed by atoms with Gasteiger partial charge in [0.05, 0.1) is 24.8 Å². The van der Waals surface area contributed by atoms with Gasteiger partial charge in [0.15, 0.2) is 0 Å². The van der Waals surface area contributed by atoms with E-state index in [1.807, 2.05) is 31.2 Å². The summed E-state index contributed by atoms with van der Waals surface area (Å²) in [6.45, 7) is 5.06. The molecule has 2 rings (SSSR count). The smallest absolute Gasteiger partial charge is 0.255 e. The third-order valence-electron chi connectivity index (χ3n) is 4.17. The third-order valence-corrected chi connectivity index (χ3v) is 6.28. The molecule has 7 nitrogen and oxygen atoms in total. The number of likely N-dealkylation sites (N-methyl/N-ethyl adjacent to an activating group) is 1. The highest BCUT2D eigenvalue weighted by Crippen LogP contribution is 2.24. The van der Waals surface area contributed by atoms with Crippen molar-refractivity contribution in [3.05, 3.63) is 58.7 Å². The lowest BCUT2D eigenvalue weighted by atomic mass is 10.1. The molecule has 150 valence electrons. The molecule has 0 spiro atoms. The number of methoxy groups -OCH3 is 1. The number of hydrogen-bond donors (Lipinski definition) is 1. The molecule has 0 bridgehead atoms. The van der Waals surface area contributed by atoms with Gasteiger partial charge in [-0.25, -0.2) is 13.8 Å². The first kappa shape index (κ1) is 21.6. The standard InChI is InChI=1S/C20H25N3O4S/c1-14-10-15(2)20(16(3)11-14)28(25,26)23(4)13-19(24)22-21-12-17-8-6-7-9-18(17)27-5/h6-12H,13H2,1-5H3,(H,22,24)/b21-12-. The predicted octanol–water partition coefficient (Wildman–Crippen LogP) is 2.39. The number of hydrogen-bond acceptors (Lipinski definition) is 5. The number of sulfonamides is 1. The summed E-state index contributed by atoms with van der Waals surface area (Å²) in [4.78, 5) is 12.4. The Morgan fingerprint density at radius 3 is 2.39 bits per heavy atom. The minimum Gasteiger partial charge on any atom is -0.496 e. The van der Waals surface area contributed by atoms with Gasteiger partial charge >= 0.3 is 0 Å². The van der Waals surface area contributed by atoms with E-state index in [4.69, 9.17) is 4.74 Å². The van der Waals surface area contributed by atoms with Crippen LogP contribution in [0.25, 0.3) is 0 Å². The molecule has 0 radical (unpaired) electrons. The molecule has 0 aromatic heterocycles. The second-order valence-corrected chi connectivity index (χ2v) is 8.51. The van der Waals surface area contributed by atoms with Gasteiger partial charge in [-0.3, -0.25) is 4.79 Å². The fourth-order valence-corrected chi connectivity index (χ4v) is 4.53. The highest BCUT2D eigenvalue weighted by Gasteiger charge is 2.26. The molecule has 8 heteroatoms. The Morgan fingerprint density at radius 2 is 1.79 bits per heavy atom. The molecule has 2 aromatic carbocycles. The fraction of sp³-hybridized carbons (Fsp3) is 0.300. The highest BCUT2D eigenvalue weighted by atomic mass is 32.2. The minimum absolute atomic E-state index is 0.228. The number of nitrogens with zero attached hydrogens (tertiary/aromatic N) is 2. The number of hydrazone groups is 1. The van der Waals surface area contributed by atoms with Crippen molar-refractivity contribution in [2.45, 2.75) is 25.7 Å². The first-order valence-corrected chi connectivity index (χ1v) is 10.1. The molecule has 0 aliphatic rings. The summed E-state index contributed by atoms with van der Waals surface area (Å²) in [5.41, 5.74) is 5.33. The number of aryl methyl sites for hydroxylation is 3. The molecule has 0 fully saturated rings. The van der Waals surface area contributed by atoms with E-state index in [9.17, 15) is 13.2 Å². The molecule has 2 aromatic rings. The summed E-state index contributed by atoms with van der Waals surface area (Å²) >= 11 is 0. The Hall–Kier alpha value is -2.71. The van der Waals surface area contributed by atoms with Crippen molar-refractivity contribution in [3.8, 4) is 5.75 Å². The van der Waals surface area contributed by atoms with Crippen molar-refractivity contribution in [3.63, 3.8) is 0 Å². The first-order chi connectivity index (χ1) is 13.2. The predicted molar refractivity (Wildman–Crippen MR) is 109 cm³/mol. The summed E-state index contributed by atoms with van der Waals surface area (Å²) in [5, 5.41) is 3.88. The number of para-hydroxylation sites is 1. The van der Waals surface area contributed by atoms with Gasteiger partial charge in [-0.1, -0.05) is 29.8 Å². The summed E-state index contributed by atoms with van der Waals surface area (Å²) < 4.78 is 32.0. The SMILES string of the molecule is COc1ccccc1/C=N\NC(=O)CN(C)S(=O)(=O)c1c(C)cc(C)cc1C. The van der Waals surface area contributed by atoms with Crippen LogP contribution in [0.2, 0.25) is 0 Å². The van der Waals surface area contributed by atoms with Crippen LogP contribution < -0.4 is 10.2 Å². The molecule has 0 atom stereocenters. The number of ether oxygens (including phenoxy) is 1. The van der Waals surface area contributed by atoms with Crippen molar-refractivity contribution in [2.24, 2.45) is 5.10 Å². The van der Waals surface area contributed by atoms with E-state index in [-0.39, 0.29) is 11.4 Å². The van der Waals surface area contributed by atoms with Crippen LogP contribution in [0.3, 0.4) is 0 Å². The molecule has 0 saturated heterocycles. The average molecular weight is 404 g/mol. The number of amides is 1. The Balaban J connectivity index is 2.08. The maximum absolute atomic E-state index is 12.9. The summed E-state index contributed by atoms with van der Waals surface area (Å²) in [6.07, 6.45) is 1.44. The maximum atomic E-state index is 12.9. The van der Waals surface area contributed by atoms with Crippen molar-refractivity contribution in [2.75, 3.05) is 20.7 Å². The molecule has 0 heterocycles. The van der Waals surface area contributed by atoms with Gasteiger partial charge in [0.25, 0.3) is 5.91 Å². The summed E-state index contributed by atoms with van der Waals surface area (Å²) in [7, 11) is -0.885. The lowest BCUT2D eigenvalue weighted by Crippen LogP contribution is -2.37. The first-order valence-electron chi connectivity index (χ1n) is 8.66. The van der Waals surface area contributed by atoms with Gasteiger partial charge in [-0.2, -0.15) is 9.41 Å². The van der Waals surface area contributed by atoms with Crippen molar-refractivity contribution >= 4 is 22.1 Å². The van der Waals surface area contributed by atoms with E-state index in [1.165, 1.54) is 13.3 Å². The van der Waals surface area contributed by atoms with Gasteiger partial charge in [-0.15, -0.1) is 0 Å². The zero-order chi connectivity index (χ0) is 20.9. The van der Waals surface area contributed by atoms with Crippen LogP contribution in [0, 0.1) is 20.8 Å². The molecule has 0 aliphatic carbocycles. The molecule has 0 saturated carbocycles. The van der Waals surface area contributed by atoms with Crippen molar-refractivity contribution < 1.29 is 17.9 Å². The van der Waals surface area contributed by atoms with E-state index in [2.05, 4.69) is 10.5 Å². The van der Waals surface area contributed by atoms with Gasteiger partial charge in [-0.05, 0) is 44.0 Å². The van der Waals surface area contributed by atoms with Crippen molar-refractivity contribution in [1.82, 2.24) is 9.73 Å². The Labute approximate surface area is 166 Å². The zero-order valence-corrected chi connectivity index (χ0v) is 17.5. The van der Waals surface area contributed by atoms with Gasteiger partial charge in [0.2, 0.25) is 10.0 Å². The van der Waals surface area contributed by atoms with Crippen LogP contribution in [0.15, 0.2) is 46.4 Å². The lowest BCUT2D eigenvalue weighted by molar-refractivity contribution is -0.121. The van der Waals surface area contributed by atoms with E-state index in [1.54, 1.807) is 33.1 Å². The summed E-state index contributed by atoms with van der Waals surface area (Å²) in [5.74, 6) is 0.0742. The second kappa shape index (κ2) is 8.99. The molecule has 28 heavy (non-hydrogen) atoms. The quantitative estimate of drug-likeness (QED) is 0.568. The van der Waals surface area contributed by atoms with Gasteiger partial charge < -0.3 is 4.74 Å². The van der Waals surface area contributed by atoms with E-state index >= 15 is 0 Å². The van der Waals surface area contributed by atoms with Gasteiger partial charge in [0.1, 0.15) is 5.75 Å². The lowest BCUT2D eigenvalue weighted by Gasteiger charge is -2.19. The van der Waals surface area contributed by atoms with Crippen LogP contribution in [0.4, 0.5) is 0 Å². The molecule has 1 amide bonds. The van der Waals surface area contributed by atoms with E-state index in [0.717, 1.165) is 9.87 Å². The normalized spacial score (nSPS) is 11.8. The third kappa shape index (κ3) is 4.96. The van der Waals surface area contributed by atoms with Crippen LogP contribution in [0.1, 0.15) is 22.3 Å². The van der Waals surface area contributed by atoms with Crippen molar-refractivity contribution in [1.29, 1.82) is 0 Å². The maximum Gasteiger partial charge on any atom is 0.255 e. The fourth-order valence-electron chi connectivity index (χ4n) is 3.00. The molecule has 0 unspecified atom stereocenters. The minimum atomic E-state index is -3.80. The number of carbonyl (C=O) groups excluding carboxylic acids is 1. The molecular formula is C20H25N3O4S. The number of carbonyl (C=O) groups is 1. The number of benzene rings is 2. The number of rotatable bonds is 7. The average Bonchev–Trinajstić information content (AvgIpc) is 2.60. The van der Waals surface area contributed by atoms with Crippen LogP contribution in [0.5, 0.6) is 5.75 Å². The van der Waals surface area contributed by atoms with E-state index < -0.39 is 15.9 Å². The largest absolute Gasteiger partial charge is 0.496 e. The highest BCUT2D eigenvalue weighted by molar-refractivity contribution is 7.89. The van der Waals surface area contributed by atoms with E-state index in [0.29, 0.717) is 22.4 Å².